The molecule has 0 radical (unpaired) electrons. The second kappa shape index (κ2) is 15.4. The topological polar surface area (TPSA) is 0 Å². The van der Waals surface area contributed by atoms with Gasteiger partial charge in [-0.1, -0.05) is 114 Å². The predicted molar refractivity (Wildman–Crippen MR) is 176 cm³/mol. The molecule has 0 aliphatic carbocycles. The van der Waals surface area contributed by atoms with Crippen LogP contribution in [0.2, 0.25) is 0 Å². The van der Waals surface area contributed by atoms with E-state index in [4.69, 9.17) is 0 Å². The molecule has 220 valence electrons. The van der Waals surface area contributed by atoms with Gasteiger partial charge in [0.15, 0.2) is 0 Å². The lowest BCUT2D eigenvalue weighted by molar-refractivity contribution is 0.584. The lowest BCUT2D eigenvalue weighted by atomic mass is 9.76. The van der Waals surface area contributed by atoms with Crippen molar-refractivity contribution in [1.29, 1.82) is 0 Å². The highest BCUT2D eigenvalue weighted by Gasteiger charge is 2.24. The number of rotatable bonds is 15. The monoisotopic (exact) mass is 533 g/mol. The van der Waals surface area contributed by atoms with Crippen LogP contribution < -0.4 is 0 Å². The van der Waals surface area contributed by atoms with Crippen molar-refractivity contribution in [3.8, 4) is 0 Å². The number of hydrogen-bond donors (Lipinski definition) is 0. The van der Waals surface area contributed by atoms with E-state index >= 15 is 0 Å². The Kier molecular flexibility index (Phi) is 13.3. The zero-order chi connectivity index (χ0) is 29.4. The van der Waals surface area contributed by atoms with Gasteiger partial charge >= 0.3 is 0 Å². The molecule has 0 heterocycles. The minimum Gasteiger partial charge on any atom is -0.0625 e. The molecule has 0 aliphatic heterocycles. The first kappa shape index (κ1) is 33.6. The van der Waals surface area contributed by atoms with Crippen LogP contribution in [0.3, 0.4) is 0 Å². The maximum absolute atomic E-state index is 2.55. The van der Waals surface area contributed by atoms with E-state index in [-0.39, 0.29) is 0 Å². The molecular weight excluding hydrogens is 468 g/mol. The Hall–Kier alpha value is -1.56. The smallest absolute Gasteiger partial charge is 0.0144 e. The SMILES string of the molecule is CC(C)Cc1ccc(CC(C)C)c(CC(C)c2c(CC(C)C)ccc(CC(C)C)c2CC(C)C)c1CC(C)C. The molecule has 0 saturated heterocycles. The summed E-state index contributed by atoms with van der Waals surface area (Å²) >= 11 is 0. The fourth-order valence-corrected chi connectivity index (χ4v) is 6.65. The van der Waals surface area contributed by atoms with Crippen molar-refractivity contribution in [2.24, 2.45) is 35.5 Å². The highest BCUT2D eigenvalue weighted by molar-refractivity contribution is 5.48. The summed E-state index contributed by atoms with van der Waals surface area (Å²) in [6, 6.07) is 9.99. The summed E-state index contributed by atoms with van der Waals surface area (Å²) in [6.07, 6.45) is 8.28. The Morgan fingerprint density at radius 1 is 0.333 bits per heavy atom. The van der Waals surface area contributed by atoms with E-state index in [1.54, 1.807) is 44.5 Å². The molecule has 0 bridgehead atoms. The van der Waals surface area contributed by atoms with Gasteiger partial charge in [-0.2, -0.15) is 0 Å². The van der Waals surface area contributed by atoms with Crippen molar-refractivity contribution in [2.75, 3.05) is 0 Å². The second-order valence-corrected chi connectivity index (χ2v) is 15.3. The number of benzene rings is 2. The van der Waals surface area contributed by atoms with Crippen LogP contribution in [0.4, 0.5) is 0 Å². The molecule has 0 heteroatoms. The van der Waals surface area contributed by atoms with E-state index < -0.39 is 0 Å². The van der Waals surface area contributed by atoms with Gasteiger partial charge in [0.25, 0.3) is 0 Å². The first-order valence-corrected chi connectivity index (χ1v) is 16.4. The summed E-state index contributed by atoms with van der Waals surface area (Å²) in [4.78, 5) is 0. The normalized spacial score (nSPS) is 13.2. The highest BCUT2D eigenvalue weighted by atomic mass is 14.3. The molecule has 39 heavy (non-hydrogen) atoms. The Morgan fingerprint density at radius 2 is 0.615 bits per heavy atom. The molecule has 1 unspecified atom stereocenters. The van der Waals surface area contributed by atoms with Crippen LogP contribution in [0.5, 0.6) is 0 Å². The van der Waals surface area contributed by atoms with Crippen LogP contribution in [0, 0.1) is 35.5 Å². The van der Waals surface area contributed by atoms with Crippen molar-refractivity contribution >= 4 is 0 Å². The third-order valence-corrected chi connectivity index (χ3v) is 7.91. The lowest BCUT2D eigenvalue weighted by Crippen LogP contribution is -2.17. The quantitative estimate of drug-likeness (QED) is 0.214. The second-order valence-electron chi connectivity index (χ2n) is 15.3. The summed E-state index contributed by atoms with van der Waals surface area (Å²) in [6.45, 7) is 31.2. The summed E-state index contributed by atoms with van der Waals surface area (Å²) in [5, 5.41) is 0. The molecule has 0 spiro atoms. The standard InChI is InChI=1S/C39H64/c1-25(2)18-32-14-15-33(19-26(3)4)37(36(32)22-29(9)10)24-31(13)39-35(21-28(7)8)17-16-34(20-27(5)6)38(39)23-30(11)12/h14-17,25-31H,18-24H2,1-13H3. The summed E-state index contributed by atoms with van der Waals surface area (Å²) < 4.78 is 0. The Morgan fingerprint density at radius 3 is 1.00 bits per heavy atom. The highest BCUT2D eigenvalue weighted by Crippen LogP contribution is 2.37. The molecule has 0 nitrogen and oxygen atoms in total. The summed E-state index contributed by atoms with van der Waals surface area (Å²) in [7, 11) is 0. The first-order valence-electron chi connectivity index (χ1n) is 16.4. The summed E-state index contributed by atoms with van der Waals surface area (Å²) in [5.74, 6) is 4.55. The van der Waals surface area contributed by atoms with Gasteiger partial charge in [0, 0.05) is 0 Å². The van der Waals surface area contributed by atoms with E-state index in [1.165, 1.54) is 38.5 Å². The van der Waals surface area contributed by atoms with Crippen molar-refractivity contribution in [2.45, 2.75) is 141 Å². The van der Waals surface area contributed by atoms with Gasteiger partial charge in [-0.15, -0.1) is 0 Å². The molecule has 0 amide bonds. The average Bonchev–Trinajstić information content (AvgIpc) is 2.77. The first-order chi connectivity index (χ1) is 18.2. The minimum atomic E-state index is 0.519. The van der Waals surface area contributed by atoms with Crippen molar-refractivity contribution in [3.63, 3.8) is 0 Å². The van der Waals surface area contributed by atoms with Crippen LogP contribution in [0.1, 0.15) is 140 Å². The average molecular weight is 533 g/mol. The van der Waals surface area contributed by atoms with Gasteiger partial charge in [0.05, 0.1) is 0 Å². The van der Waals surface area contributed by atoms with Crippen LogP contribution in [-0.4, -0.2) is 0 Å². The van der Waals surface area contributed by atoms with Crippen molar-refractivity contribution in [3.05, 3.63) is 68.8 Å². The van der Waals surface area contributed by atoms with Crippen LogP contribution in [0.25, 0.3) is 0 Å². The Balaban J connectivity index is 2.78. The van der Waals surface area contributed by atoms with Gasteiger partial charge in [-0.05, 0) is 131 Å². The van der Waals surface area contributed by atoms with E-state index in [0.29, 0.717) is 41.4 Å². The van der Waals surface area contributed by atoms with Gasteiger partial charge in [0.1, 0.15) is 0 Å². The zero-order valence-electron chi connectivity index (χ0n) is 28.3. The molecular formula is C39H64. The third kappa shape index (κ3) is 10.4. The molecule has 0 N–H and O–H groups in total. The van der Waals surface area contributed by atoms with Crippen molar-refractivity contribution in [1.82, 2.24) is 0 Å². The van der Waals surface area contributed by atoms with Gasteiger partial charge in [-0.25, -0.2) is 0 Å². The molecule has 2 aromatic carbocycles. The van der Waals surface area contributed by atoms with E-state index in [0.717, 1.165) is 6.42 Å². The zero-order valence-corrected chi connectivity index (χ0v) is 28.3. The van der Waals surface area contributed by atoms with Gasteiger partial charge in [0.2, 0.25) is 0 Å². The van der Waals surface area contributed by atoms with Crippen LogP contribution in [-0.2, 0) is 44.9 Å². The van der Waals surface area contributed by atoms with Gasteiger partial charge in [-0.3, -0.25) is 0 Å². The molecule has 2 rings (SSSR count). The predicted octanol–water partition coefficient (Wildman–Crippen LogP) is 11.2. The Bertz CT molecular complexity index is 1010. The third-order valence-electron chi connectivity index (χ3n) is 7.91. The van der Waals surface area contributed by atoms with E-state index in [1.807, 2.05) is 0 Å². The van der Waals surface area contributed by atoms with Crippen molar-refractivity contribution < 1.29 is 0 Å². The number of hydrogen-bond acceptors (Lipinski definition) is 0. The van der Waals surface area contributed by atoms with E-state index in [9.17, 15) is 0 Å². The van der Waals surface area contributed by atoms with Gasteiger partial charge < -0.3 is 0 Å². The molecule has 0 fully saturated rings. The Labute approximate surface area is 244 Å². The maximum Gasteiger partial charge on any atom is -0.0144 e. The lowest BCUT2D eigenvalue weighted by Gasteiger charge is -2.29. The molecule has 1 atom stereocenters. The molecule has 0 aliphatic rings. The fraction of sp³-hybridized carbons (Fsp3) is 0.692. The molecule has 0 saturated carbocycles. The molecule has 2 aromatic rings. The van der Waals surface area contributed by atoms with Crippen LogP contribution >= 0.6 is 0 Å². The fourth-order valence-electron chi connectivity index (χ4n) is 6.65. The van der Waals surface area contributed by atoms with E-state index in [2.05, 4.69) is 114 Å². The van der Waals surface area contributed by atoms with Crippen LogP contribution in [0.15, 0.2) is 24.3 Å². The maximum atomic E-state index is 2.55. The minimum absolute atomic E-state index is 0.519. The summed E-state index contributed by atoms with van der Waals surface area (Å²) in [5.41, 5.74) is 13.2. The molecule has 0 aromatic heterocycles. The largest absolute Gasteiger partial charge is 0.0625 e.